The average Bonchev–Trinajstić information content (AvgIpc) is 2.45. The molecule has 0 aliphatic carbocycles. The van der Waals surface area contributed by atoms with Crippen LogP contribution in [0.15, 0.2) is 29.2 Å². The standard InChI is InChI=1S/C14H17ClN2O2S/c15-11-3-5-12(6-4-11)20-9-1-2-14(19)17-8-7-16-13(18)10-17/h3-6H,1-2,7-10H2,(H,16,18). The Morgan fingerprint density at radius 3 is 2.80 bits per heavy atom. The number of thioether (sulfide) groups is 1. The van der Waals surface area contributed by atoms with Gasteiger partial charge in [0.2, 0.25) is 11.8 Å². The van der Waals surface area contributed by atoms with Crippen LogP contribution >= 0.6 is 23.4 Å². The number of halogens is 1. The Morgan fingerprint density at radius 1 is 1.35 bits per heavy atom. The molecule has 1 saturated heterocycles. The summed E-state index contributed by atoms with van der Waals surface area (Å²) in [6.45, 7) is 1.38. The van der Waals surface area contributed by atoms with Crippen molar-refractivity contribution in [3.8, 4) is 0 Å². The summed E-state index contributed by atoms with van der Waals surface area (Å²) in [5, 5.41) is 3.44. The smallest absolute Gasteiger partial charge is 0.239 e. The zero-order valence-corrected chi connectivity index (χ0v) is 12.7. The molecule has 0 radical (unpaired) electrons. The fourth-order valence-corrected chi connectivity index (χ4v) is 2.93. The third-order valence-electron chi connectivity index (χ3n) is 3.01. The molecule has 1 heterocycles. The first kappa shape index (κ1) is 15.2. The maximum absolute atomic E-state index is 11.9. The van der Waals surface area contributed by atoms with E-state index in [4.69, 9.17) is 11.6 Å². The summed E-state index contributed by atoms with van der Waals surface area (Å²) in [5.41, 5.74) is 0. The van der Waals surface area contributed by atoms with E-state index in [1.165, 1.54) is 0 Å². The summed E-state index contributed by atoms with van der Waals surface area (Å²) in [4.78, 5) is 25.9. The molecule has 1 aromatic rings. The lowest BCUT2D eigenvalue weighted by Gasteiger charge is -2.26. The van der Waals surface area contributed by atoms with Gasteiger partial charge in [-0.1, -0.05) is 11.6 Å². The van der Waals surface area contributed by atoms with Gasteiger partial charge in [0.15, 0.2) is 0 Å². The Hall–Kier alpha value is -1.20. The summed E-state index contributed by atoms with van der Waals surface area (Å²) >= 11 is 7.53. The van der Waals surface area contributed by atoms with Crippen molar-refractivity contribution in [1.82, 2.24) is 10.2 Å². The van der Waals surface area contributed by atoms with Gasteiger partial charge in [-0.15, -0.1) is 11.8 Å². The fraction of sp³-hybridized carbons (Fsp3) is 0.429. The third-order valence-corrected chi connectivity index (χ3v) is 4.36. The number of rotatable bonds is 5. The van der Waals surface area contributed by atoms with Gasteiger partial charge in [-0.3, -0.25) is 9.59 Å². The second-order valence-corrected chi connectivity index (χ2v) is 6.18. The van der Waals surface area contributed by atoms with Crippen LogP contribution in [0.5, 0.6) is 0 Å². The molecule has 0 aromatic heterocycles. The minimum Gasteiger partial charge on any atom is -0.353 e. The summed E-state index contributed by atoms with van der Waals surface area (Å²) < 4.78 is 0. The van der Waals surface area contributed by atoms with Crippen LogP contribution in [-0.4, -0.2) is 42.1 Å². The Morgan fingerprint density at radius 2 is 2.10 bits per heavy atom. The van der Waals surface area contributed by atoms with Crippen LogP contribution in [0, 0.1) is 0 Å². The van der Waals surface area contributed by atoms with E-state index in [9.17, 15) is 9.59 Å². The first-order valence-corrected chi connectivity index (χ1v) is 7.94. The SMILES string of the molecule is O=C1CN(C(=O)CCCSc2ccc(Cl)cc2)CCN1. The van der Waals surface area contributed by atoms with Crippen LogP contribution in [0.25, 0.3) is 0 Å². The molecular weight excluding hydrogens is 296 g/mol. The lowest BCUT2D eigenvalue weighted by atomic mass is 10.2. The van der Waals surface area contributed by atoms with Crippen molar-refractivity contribution in [3.05, 3.63) is 29.3 Å². The number of amides is 2. The molecule has 0 spiro atoms. The van der Waals surface area contributed by atoms with Gasteiger partial charge < -0.3 is 10.2 Å². The van der Waals surface area contributed by atoms with Crippen LogP contribution in [0.2, 0.25) is 5.02 Å². The van der Waals surface area contributed by atoms with Crippen LogP contribution in [0.4, 0.5) is 0 Å². The number of hydrogen-bond donors (Lipinski definition) is 1. The van der Waals surface area contributed by atoms with Crippen molar-refractivity contribution in [1.29, 1.82) is 0 Å². The highest BCUT2D eigenvalue weighted by molar-refractivity contribution is 7.99. The average molecular weight is 313 g/mol. The van der Waals surface area contributed by atoms with Gasteiger partial charge >= 0.3 is 0 Å². The Kier molecular flexibility index (Phi) is 5.73. The molecule has 20 heavy (non-hydrogen) atoms. The van der Waals surface area contributed by atoms with Crippen molar-refractivity contribution in [2.45, 2.75) is 17.7 Å². The Labute approximate surface area is 127 Å². The lowest BCUT2D eigenvalue weighted by Crippen LogP contribution is -2.49. The number of piperazine rings is 1. The zero-order chi connectivity index (χ0) is 14.4. The van der Waals surface area contributed by atoms with Crippen molar-refractivity contribution >= 4 is 35.2 Å². The lowest BCUT2D eigenvalue weighted by molar-refractivity contribution is -0.138. The second kappa shape index (κ2) is 7.55. The first-order chi connectivity index (χ1) is 9.65. The molecule has 2 amide bonds. The largest absolute Gasteiger partial charge is 0.353 e. The molecule has 0 atom stereocenters. The molecule has 4 nitrogen and oxygen atoms in total. The predicted octanol–water partition coefficient (Wildman–Crippen LogP) is 2.17. The number of carbonyl (C=O) groups excluding carboxylic acids is 2. The minimum absolute atomic E-state index is 0.0663. The van der Waals surface area contributed by atoms with E-state index in [1.54, 1.807) is 16.7 Å². The maximum Gasteiger partial charge on any atom is 0.239 e. The highest BCUT2D eigenvalue weighted by Crippen LogP contribution is 2.21. The van der Waals surface area contributed by atoms with E-state index in [0.717, 1.165) is 22.1 Å². The molecule has 108 valence electrons. The summed E-state index contributed by atoms with van der Waals surface area (Å²) in [7, 11) is 0. The summed E-state index contributed by atoms with van der Waals surface area (Å²) in [6.07, 6.45) is 1.30. The van der Waals surface area contributed by atoms with Crippen LogP contribution in [-0.2, 0) is 9.59 Å². The van der Waals surface area contributed by atoms with Crippen LogP contribution in [0.3, 0.4) is 0 Å². The van der Waals surface area contributed by atoms with E-state index in [-0.39, 0.29) is 18.4 Å². The number of carbonyl (C=O) groups is 2. The number of hydrogen-bond acceptors (Lipinski definition) is 3. The molecule has 1 aromatic carbocycles. The quantitative estimate of drug-likeness (QED) is 0.669. The molecule has 1 aliphatic rings. The predicted molar refractivity (Wildman–Crippen MR) is 81.0 cm³/mol. The zero-order valence-electron chi connectivity index (χ0n) is 11.1. The molecule has 0 saturated carbocycles. The third kappa shape index (κ3) is 4.72. The number of nitrogens with zero attached hydrogens (tertiary/aromatic N) is 1. The number of nitrogens with one attached hydrogen (secondary N) is 1. The van der Waals surface area contributed by atoms with Gasteiger partial charge in [-0.05, 0) is 36.4 Å². The molecule has 2 rings (SSSR count). The van der Waals surface area contributed by atoms with Gasteiger partial charge in [-0.25, -0.2) is 0 Å². The molecule has 1 aliphatic heterocycles. The molecule has 0 unspecified atom stereocenters. The van der Waals surface area contributed by atoms with Crippen molar-refractivity contribution in [2.75, 3.05) is 25.4 Å². The Balaban J connectivity index is 1.66. The number of benzene rings is 1. The van der Waals surface area contributed by atoms with E-state index in [2.05, 4.69) is 5.32 Å². The van der Waals surface area contributed by atoms with Crippen LogP contribution < -0.4 is 5.32 Å². The van der Waals surface area contributed by atoms with Gasteiger partial charge in [0.1, 0.15) is 0 Å². The summed E-state index contributed by atoms with van der Waals surface area (Å²) in [5.74, 6) is 0.879. The fourth-order valence-electron chi connectivity index (χ4n) is 1.95. The monoisotopic (exact) mass is 312 g/mol. The van der Waals surface area contributed by atoms with E-state index < -0.39 is 0 Å². The van der Waals surface area contributed by atoms with E-state index in [1.807, 2.05) is 24.3 Å². The molecule has 1 fully saturated rings. The highest BCUT2D eigenvalue weighted by atomic mass is 35.5. The van der Waals surface area contributed by atoms with Crippen molar-refractivity contribution < 1.29 is 9.59 Å². The summed E-state index contributed by atoms with van der Waals surface area (Å²) in [6, 6.07) is 7.68. The van der Waals surface area contributed by atoms with Gasteiger partial charge in [0.05, 0.1) is 6.54 Å². The second-order valence-electron chi connectivity index (χ2n) is 4.57. The first-order valence-electron chi connectivity index (χ1n) is 6.58. The van der Waals surface area contributed by atoms with Gasteiger partial charge in [0.25, 0.3) is 0 Å². The van der Waals surface area contributed by atoms with Crippen LogP contribution in [0.1, 0.15) is 12.8 Å². The minimum atomic E-state index is -0.0693. The van der Waals surface area contributed by atoms with Crippen molar-refractivity contribution in [3.63, 3.8) is 0 Å². The van der Waals surface area contributed by atoms with E-state index >= 15 is 0 Å². The molecule has 1 N–H and O–H groups in total. The Bertz CT molecular complexity index is 479. The molecular formula is C14H17ClN2O2S. The topological polar surface area (TPSA) is 49.4 Å². The normalized spacial score (nSPS) is 15.1. The molecule has 6 heteroatoms. The van der Waals surface area contributed by atoms with Gasteiger partial charge in [-0.2, -0.15) is 0 Å². The van der Waals surface area contributed by atoms with Crippen molar-refractivity contribution in [2.24, 2.45) is 0 Å². The maximum atomic E-state index is 11.9. The highest BCUT2D eigenvalue weighted by Gasteiger charge is 2.20. The van der Waals surface area contributed by atoms with E-state index in [0.29, 0.717) is 19.5 Å². The molecule has 0 bridgehead atoms. The van der Waals surface area contributed by atoms with Gasteiger partial charge in [0, 0.05) is 29.4 Å².